The highest BCUT2D eigenvalue weighted by Gasteiger charge is 2.15. The zero-order chi connectivity index (χ0) is 18.8. The van der Waals surface area contributed by atoms with Crippen LogP contribution in [0.4, 0.5) is 5.69 Å². The number of hydrogen-bond donors (Lipinski definition) is 2. The monoisotopic (exact) mass is 377 g/mol. The number of benzene rings is 2. The summed E-state index contributed by atoms with van der Waals surface area (Å²) in [5.41, 5.74) is 3.02. The van der Waals surface area contributed by atoms with E-state index >= 15 is 0 Å². The lowest BCUT2D eigenvalue weighted by Crippen LogP contribution is -2.17. The number of anilines is 1. The van der Waals surface area contributed by atoms with E-state index in [9.17, 15) is 14.7 Å². The van der Waals surface area contributed by atoms with E-state index in [0.29, 0.717) is 0 Å². The molecule has 0 bridgehead atoms. The van der Waals surface area contributed by atoms with Crippen LogP contribution >= 0.6 is 11.3 Å². The fourth-order valence-corrected chi connectivity index (χ4v) is 3.71. The molecule has 134 valence electrons. The van der Waals surface area contributed by atoms with Gasteiger partial charge in [0.15, 0.2) is 4.96 Å². The highest BCUT2D eigenvalue weighted by molar-refractivity contribution is 7.15. The smallest absolute Gasteiger partial charge is 0.337 e. The summed E-state index contributed by atoms with van der Waals surface area (Å²) in [7, 11) is 0. The van der Waals surface area contributed by atoms with Crippen LogP contribution in [0.2, 0.25) is 0 Å². The van der Waals surface area contributed by atoms with Crippen LogP contribution in [0.3, 0.4) is 0 Å². The molecule has 4 rings (SSSR count). The van der Waals surface area contributed by atoms with E-state index in [-0.39, 0.29) is 23.6 Å². The molecule has 0 aliphatic rings. The summed E-state index contributed by atoms with van der Waals surface area (Å²) >= 11 is 1.46. The number of carboxylic acids is 1. The molecule has 0 fully saturated rings. The van der Waals surface area contributed by atoms with Gasteiger partial charge in [-0.25, -0.2) is 9.78 Å². The third-order valence-corrected chi connectivity index (χ3v) is 5.01. The van der Waals surface area contributed by atoms with Crippen molar-refractivity contribution < 1.29 is 14.7 Å². The van der Waals surface area contributed by atoms with E-state index in [2.05, 4.69) is 10.3 Å². The van der Waals surface area contributed by atoms with Crippen molar-refractivity contribution in [3.63, 3.8) is 0 Å². The summed E-state index contributed by atoms with van der Waals surface area (Å²) in [6, 6.07) is 16.2. The Morgan fingerprint density at radius 2 is 1.81 bits per heavy atom. The first-order valence-electron chi connectivity index (χ1n) is 8.25. The molecule has 27 heavy (non-hydrogen) atoms. The number of imidazole rings is 1. The first-order chi connectivity index (χ1) is 13.1. The van der Waals surface area contributed by atoms with Crippen molar-refractivity contribution in [2.45, 2.75) is 6.42 Å². The van der Waals surface area contributed by atoms with Gasteiger partial charge in [-0.3, -0.25) is 9.20 Å². The molecule has 7 heteroatoms. The van der Waals surface area contributed by atoms with Gasteiger partial charge >= 0.3 is 5.97 Å². The summed E-state index contributed by atoms with van der Waals surface area (Å²) in [5.74, 6) is -1.36. The van der Waals surface area contributed by atoms with Crippen molar-refractivity contribution >= 4 is 33.9 Å². The van der Waals surface area contributed by atoms with Crippen LogP contribution in [0.25, 0.3) is 16.2 Å². The summed E-state index contributed by atoms with van der Waals surface area (Å²) in [6.07, 6.45) is 2.04. The number of para-hydroxylation sites is 1. The Labute approximate surface area is 158 Å². The van der Waals surface area contributed by atoms with Gasteiger partial charge in [0, 0.05) is 22.8 Å². The van der Waals surface area contributed by atoms with E-state index < -0.39 is 5.97 Å². The minimum absolute atomic E-state index is 0.0651. The van der Waals surface area contributed by atoms with Gasteiger partial charge in [0.25, 0.3) is 0 Å². The summed E-state index contributed by atoms with van der Waals surface area (Å²) < 4.78 is 1.90. The maximum Gasteiger partial charge on any atom is 0.337 e. The third-order valence-electron chi connectivity index (χ3n) is 4.13. The minimum Gasteiger partial charge on any atom is -0.478 e. The highest BCUT2D eigenvalue weighted by atomic mass is 32.1. The zero-order valence-electron chi connectivity index (χ0n) is 14.1. The van der Waals surface area contributed by atoms with E-state index in [1.165, 1.54) is 17.4 Å². The van der Waals surface area contributed by atoms with Crippen LogP contribution in [0, 0.1) is 0 Å². The fourth-order valence-electron chi connectivity index (χ4n) is 2.84. The van der Waals surface area contributed by atoms with Crippen molar-refractivity contribution in [2.75, 3.05) is 5.32 Å². The molecule has 2 aromatic carbocycles. The topological polar surface area (TPSA) is 83.7 Å². The highest BCUT2D eigenvalue weighted by Crippen LogP contribution is 2.24. The number of thiazole rings is 1. The lowest BCUT2D eigenvalue weighted by molar-refractivity contribution is -0.115. The van der Waals surface area contributed by atoms with E-state index in [0.717, 1.165) is 21.9 Å². The van der Waals surface area contributed by atoms with Crippen molar-refractivity contribution in [1.82, 2.24) is 9.38 Å². The largest absolute Gasteiger partial charge is 0.478 e. The molecule has 0 saturated carbocycles. The van der Waals surface area contributed by atoms with Crippen molar-refractivity contribution in [3.05, 3.63) is 77.4 Å². The maximum atomic E-state index is 12.4. The van der Waals surface area contributed by atoms with E-state index in [1.807, 2.05) is 46.3 Å². The Morgan fingerprint density at radius 1 is 1.07 bits per heavy atom. The number of rotatable bonds is 5. The predicted octanol–water partition coefficient (Wildman–Crippen LogP) is 3.94. The van der Waals surface area contributed by atoms with Crippen LogP contribution in [-0.4, -0.2) is 26.4 Å². The molecule has 0 atom stereocenters. The number of aromatic nitrogens is 2. The lowest BCUT2D eigenvalue weighted by Gasteiger charge is -2.07. The average molecular weight is 377 g/mol. The average Bonchev–Trinajstić information content (AvgIpc) is 3.25. The number of carbonyl (C=O) groups is 2. The van der Waals surface area contributed by atoms with Crippen LogP contribution in [0.15, 0.2) is 66.2 Å². The molecule has 0 aliphatic heterocycles. The maximum absolute atomic E-state index is 12.4. The van der Waals surface area contributed by atoms with E-state index in [4.69, 9.17) is 0 Å². The van der Waals surface area contributed by atoms with Crippen LogP contribution in [0.5, 0.6) is 0 Å². The molecular formula is C20H15N3O3S. The number of hydrogen-bond acceptors (Lipinski definition) is 4. The van der Waals surface area contributed by atoms with E-state index in [1.54, 1.807) is 18.2 Å². The number of nitrogens with one attached hydrogen (secondary N) is 1. The number of amides is 1. The van der Waals surface area contributed by atoms with Crippen molar-refractivity contribution in [1.29, 1.82) is 0 Å². The molecule has 2 N–H and O–H groups in total. The third kappa shape index (κ3) is 3.45. The second kappa shape index (κ2) is 7.05. The number of fused-ring (bicyclic) bond motifs is 1. The van der Waals surface area contributed by atoms with Gasteiger partial charge in [0.1, 0.15) is 0 Å². The second-order valence-electron chi connectivity index (χ2n) is 5.95. The van der Waals surface area contributed by atoms with Crippen molar-refractivity contribution in [2.24, 2.45) is 0 Å². The Morgan fingerprint density at radius 3 is 2.59 bits per heavy atom. The fraction of sp³-hybridized carbons (Fsp3) is 0.0500. The lowest BCUT2D eigenvalue weighted by atomic mass is 10.1. The summed E-state index contributed by atoms with van der Waals surface area (Å²) in [5, 5.41) is 13.8. The molecule has 6 nitrogen and oxygen atoms in total. The van der Waals surface area contributed by atoms with Gasteiger partial charge in [0.2, 0.25) is 5.91 Å². The Hall–Kier alpha value is -3.45. The Kier molecular flexibility index (Phi) is 4.43. The molecule has 0 radical (unpaired) electrons. The SMILES string of the molecule is O=C(Cc1csc2nc(-c3ccccc3)cn12)Nc1ccccc1C(=O)O. The summed E-state index contributed by atoms with van der Waals surface area (Å²) in [6.45, 7) is 0. The van der Waals surface area contributed by atoms with Gasteiger partial charge in [-0.15, -0.1) is 11.3 Å². The number of nitrogens with zero attached hydrogens (tertiary/aromatic N) is 2. The molecule has 2 heterocycles. The quantitative estimate of drug-likeness (QED) is 0.552. The number of carboxylic acid groups (broad SMARTS) is 1. The first-order valence-corrected chi connectivity index (χ1v) is 9.13. The summed E-state index contributed by atoms with van der Waals surface area (Å²) in [4.78, 5) is 29.1. The van der Waals surface area contributed by atoms with Crippen LogP contribution in [-0.2, 0) is 11.2 Å². The van der Waals surface area contributed by atoms with Gasteiger partial charge in [-0.2, -0.15) is 0 Å². The number of aromatic carboxylic acids is 1. The van der Waals surface area contributed by atoms with Gasteiger partial charge in [-0.1, -0.05) is 42.5 Å². The standard InChI is InChI=1S/C20H15N3O3S/c24-18(21-16-9-5-4-8-15(16)19(25)26)10-14-12-27-20-22-17(11-23(14)20)13-6-2-1-3-7-13/h1-9,11-12H,10H2,(H,21,24)(H,25,26). The predicted molar refractivity (Wildman–Crippen MR) is 104 cm³/mol. The molecule has 1 amide bonds. The molecule has 2 aromatic heterocycles. The van der Waals surface area contributed by atoms with Crippen LogP contribution < -0.4 is 5.32 Å². The number of carbonyl (C=O) groups excluding carboxylic acids is 1. The molecule has 0 saturated heterocycles. The van der Waals surface area contributed by atoms with Crippen LogP contribution in [0.1, 0.15) is 16.1 Å². The molecule has 0 unspecified atom stereocenters. The molecule has 0 spiro atoms. The first kappa shape index (κ1) is 17.0. The molecular weight excluding hydrogens is 362 g/mol. The molecule has 4 aromatic rings. The Balaban J connectivity index is 1.56. The second-order valence-corrected chi connectivity index (χ2v) is 6.78. The Bertz CT molecular complexity index is 1130. The molecule has 0 aliphatic carbocycles. The zero-order valence-corrected chi connectivity index (χ0v) is 14.9. The van der Waals surface area contributed by atoms with Crippen molar-refractivity contribution in [3.8, 4) is 11.3 Å². The van der Waals surface area contributed by atoms with Gasteiger partial charge < -0.3 is 10.4 Å². The normalized spacial score (nSPS) is 10.8. The minimum atomic E-state index is -1.08. The van der Waals surface area contributed by atoms with Gasteiger partial charge in [-0.05, 0) is 12.1 Å². The van der Waals surface area contributed by atoms with Gasteiger partial charge in [0.05, 0.1) is 23.4 Å².